The zero-order valence-electron chi connectivity index (χ0n) is 8.18. The van der Waals surface area contributed by atoms with Crippen LogP contribution in [0.25, 0.3) is 0 Å². The molecular formula is C9H15Cl2NO. The Morgan fingerprint density at radius 3 is 2.62 bits per heavy atom. The van der Waals surface area contributed by atoms with Crippen molar-refractivity contribution in [1.29, 1.82) is 0 Å². The summed E-state index contributed by atoms with van der Waals surface area (Å²) in [7, 11) is 0. The van der Waals surface area contributed by atoms with Gasteiger partial charge in [0.05, 0.1) is 11.1 Å². The molecule has 0 saturated heterocycles. The Balaban J connectivity index is 2.71. The number of nitrogens with zero attached hydrogens (tertiary/aromatic N) is 1. The van der Waals surface area contributed by atoms with Gasteiger partial charge in [0, 0.05) is 12.4 Å². The number of hydroxylamine groups is 2. The van der Waals surface area contributed by atoms with Crippen LogP contribution in [0, 0.1) is 5.41 Å². The number of rotatable bonds is 2. The Morgan fingerprint density at radius 2 is 2.15 bits per heavy atom. The molecule has 0 aromatic carbocycles. The van der Waals surface area contributed by atoms with Gasteiger partial charge in [-0.1, -0.05) is 32.4 Å². The van der Waals surface area contributed by atoms with Crippen LogP contribution in [-0.4, -0.2) is 23.5 Å². The van der Waals surface area contributed by atoms with Gasteiger partial charge in [0.2, 0.25) is 0 Å². The second-order valence-corrected chi connectivity index (χ2v) is 5.02. The van der Waals surface area contributed by atoms with Crippen LogP contribution in [0.15, 0.2) is 11.3 Å². The van der Waals surface area contributed by atoms with Crippen LogP contribution in [0.1, 0.15) is 20.8 Å². The first kappa shape index (κ1) is 11.2. The molecule has 0 fully saturated rings. The van der Waals surface area contributed by atoms with Crippen molar-refractivity contribution >= 4 is 23.2 Å². The first-order chi connectivity index (χ1) is 5.96. The lowest BCUT2D eigenvalue weighted by Gasteiger charge is -2.32. The molecule has 1 rings (SSSR count). The van der Waals surface area contributed by atoms with E-state index < -0.39 is 0 Å². The van der Waals surface area contributed by atoms with E-state index in [9.17, 15) is 0 Å². The molecule has 0 radical (unpaired) electrons. The topological polar surface area (TPSA) is 12.5 Å². The van der Waals surface area contributed by atoms with E-state index >= 15 is 0 Å². The van der Waals surface area contributed by atoms with E-state index in [0.717, 1.165) is 5.03 Å². The fourth-order valence-corrected chi connectivity index (χ4v) is 2.13. The van der Waals surface area contributed by atoms with Gasteiger partial charge in [0.15, 0.2) is 0 Å². The van der Waals surface area contributed by atoms with Crippen LogP contribution in [0.3, 0.4) is 0 Å². The van der Waals surface area contributed by atoms with Crippen molar-refractivity contribution in [2.45, 2.75) is 26.8 Å². The molecule has 2 nitrogen and oxygen atoms in total. The van der Waals surface area contributed by atoms with Crippen molar-refractivity contribution in [2.24, 2.45) is 5.41 Å². The molecule has 0 aromatic heterocycles. The van der Waals surface area contributed by atoms with E-state index in [2.05, 4.69) is 20.8 Å². The van der Waals surface area contributed by atoms with E-state index in [1.165, 1.54) is 0 Å². The summed E-state index contributed by atoms with van der Waals surface area (Å²) < 4.78 is 0. The summed E-state index contributed by atoms with van der Waals surface area (Å²) in [5.41, 5.74) is 0.0656. The molecule has 1 atom stereocenters. The summed E-state index contributed by atoms with van der Waals surface area (Å²) in [6.45, 7) is 7.08. The Morgan fingerprint density at radius 1 is 1.54 bits per heavy atom. The third-order valence-electron chi connectivity index (χ3n) is 1.98. The SMILES string of the molecule is CC(C)(C)C1C(Cl)=CON1CCCl. The highest BCUT2D eigenvalue weighted by molar-refractivity contribution is 6.30. The van der Waals surface area contributed by atoms with Crippen LogP contribution in [0.4, 0.5) is 0 Å². The van der Waals surface area contributed by atoms with Gasteiger partial charge in [-0.15, -0.1) is 16.7 Å². The zero-order chi connectivity index (χ0) is 10.1. The summed E-state index contributed by atoms with van der Waals surface area (Å²) in [5.74, 6) is 0.546. The predicted molar refractivity (Wildman–Crippen MR) is 55.7 cm³/mol. The number of halogens is 2. The Hall–Kier alpha value is 0.0800. The summed E-state index contributed by atoms with van der Waals surface area (Å²) in [6, 6.07) is 0.118. The van der Waals surface area contributed by atoms with Crippen molar-refractivity contribution in [3.8, 4) is 0 Å². The lowest BCUT2D eigenvalue weighted by Crippen LogP contribution is -2.41. The molecule has 0 N–H and O–H groups in total. The molecule has 1 aliphatic rings. The first-order valence-electron chi connectivity index (χ1n) is 4.31. The second-order valence-electron chi connectivity index (χ2n) is 4.21. The van der Waals surface area contributed by atoms with Crippen LogP contribution < -0.4 is 0 Å². The van der Waals surface area contributed by atoms with Crippen LogP contribution in [-0.2, 0) is 4.84 Å². The molecule has 0 bridgehead atoms. The molecule has 76 valence electrons. The van der Waals surface area contributed by atoms with Crippen molar-refractivity contribution in [1.82, 2.24) is 5.06 Å². The van der Waals surface area contributed by atoms with Crippen molar-refractivity contribution in [2.75, 3.05) is 12.4 Å². The van der Waals surface area contributed by atoms with E-state index in [1.54, 1.807) is 6.26 Å². The van der Waals surface area contributed by atoms with Crippen LogP contribution in [0.2, 0.25) is 0 Å². The largest absolute Gasteiger partial charge is 0.412 e. The second kappa shape index (κ2) is 4.07. The Bertz CT molecular complexity index is 210. The molecule has 0 aliphatic carbocycles. The van der Waals surface area contributed by atoms with Gasteiger partial charge >= 0.3 is 0 Å². The summed E-state index contributed by atoms with van der Waals surface area (Å²) >= 11 is 11.7. The monoisotopic (exact) mass is 223 g/mol. The van der Waals surface area contributed by atoms with Crippen molar-refractivity contribution in [3.05, 3.63) is 11.3 Å². The van der Waals surface area contributed by atoms with E-state index in [1.807, 2.05) is 5.06 Å². The number of alkyl halides is 1. The maximum absolute atomic E-state index is 6.04. The van der Waals surface area contributed by atoms with Gasteiger partial charge in [0.1, 0.15) is 6.26 Å². The molecule has 1 unspecified atom stereocenters. The molecule has 4 heteroatoms. The van der Waals surface area contributed by atoms with Gasteiger partial charge in [-0.25, -0.2) is 0 Å². The third kappa shape index (κ3) is 2.52. The van der Waals surface area contributed by atoms with E-state index in [4.69, 9.17) is 28.0 Å². The zero-order valence-corrected chi connectivity index (χ0v) is 9.69. The highest BCUT2D eigenvalue weighted by atomic mass is 35.5. The summed E-state index contributed by atoms with van der Waals surface area (Å²) in [6.07, 6.45) is 1.59. The Labute approximate surface area is 89.4 Å². The Kier molecular flexibility index (Phi) is 3.50. The fraction of sp³-hybridized carbons (Fsp3) is 0.778. The van der Waals surface area contributed by atoms with E-state index in [-0.39, 0.29) is 11.5 Å². The van der Waals surface area contributed by atoms with Crippen LogP contribution >= 0.6 is 23.2 Å². The van der Waals surface area contributed by atoms with Crippen molar-refractivity contribution in [3.63, 3.8) is 0 Å². The lowest BCUT2D eigenvalue weighted by molar-refractivity contribution is -0.121. The third-order valence-corrected chi connectivity index (χ3v) is 2.44. The lowest BCUT2D eigenvalue weighted by atomic mass is 9.86. The molecule has 1 heterocycles. The average Bonchev–Trinajstić information content (AvgIpc) is 2.31. The highest BCUT2D eigenvalue weighted by Gasteiger charge is 2.37. The maximum Gasteiger partial charge on any atom is 0.127 e. The molecule has 0 aromatic rings. The quantitative estimate of drug-likeness (QED) is 0.668. The molecule has 0 amide bonds. The summed E-state index contributed by atoms with van der Waals surface area (Å²) in [4.78, 5) is 5.30. The average molecular weight is 224 g/mol. The maximum atomic E-state index is 6.04. The van der Waals surface area contributed by atoms with Gasteiger partial charge in [0.25, 0.3) is 0 Å². The van der Waals surface area contributed by atoms with Gasteiger partial charge in [-0.05, 0) is 5.41 Å². The normalized spacial score (nSPS) is 24.4. The molecule has 1 aliphatic heterocycles. The minimum Gasteiger partial charge on any atom is -0.412 e. The molecule has 13 heavy (non-hydrogen) atoms. The summed E-state index contributed by atoms with van der Waals surface area (Å²) in [5, 5.41) is 2.58. The molecule has 0 saturated carbocycles. The predicted octanol–water partition coefficient (Wildman–Crippen LogP) is 2.97. The van der Waals surface area contributed by atoms with Crippen molar-refractivity contribution < 1.29 is 4.84 Å². The smallest absolute Gasteiger partial charge is 0.127 e. The van der Waals surface area contributed by atoms with Gasteiger partial charge in [-0.2, -0.15) is 0 Å². The number of hydrogen-bond acceptors (Lipinski definition) is 2. The molecular weight excluding hydrogens is 209 g/mol. The van der Waals surface area contributed by atoms with Gasteiger partial charge in [-0.3, -0.25) is 0 Å². The highest BCUT2D eigenvalue weighted by Crippen LogP contribution is 2.35. The number of hydrogen-bond donors (Lipinski definition) is 0. The standard InChI is InChI=1S/C9H15Cl2NO/c1-9(2,3)8-7(11)6-13-12(8)5-4-10/h6,8H,4-5H2,1-3H3. The fourth-order valence-electron chi connectivity index (χ4n) is 1.49. The first-order valence-corrected chi connectivity index (χ1v) is 5.23. The van der Waals surface area contributed by atoms with E-state index in [0.29, 0.717) is 12.4 Å². The van der Waals surface area contributed by atoms with Gasteiger partial charge < -0.3 is 4.84 Å². The molecule has 0 spiro atoms. The minimum atomic E-state index is 0.0656. The van der Waals surface area contributed by atoms with Crippen LogP contribution in [0.5, 0.6) is 0 Å². The minimum absolute atomic E-state index is 0.0656.